The molecule has 2 rings (SSSR count). The molecule has 1 aliphatic heterocycles. The number of hydrogen-bond acceptors (Lipinski definition) is 3. The lowest BCUT2D eigenvalue weighted by Gasteiger charge is -2.09. The van der Waals surface area contributed by atoms with Crippen LogP contribution in [0.5, 0.6) is 0 Å². The zero-order valence-electron chi connectivity index (χ0n) is 10.3. The molecule has 1 aromatic rings. The molecule has 2 heterocycles. The summed E-state index contributed by atoms with van der Waals surface area (Å²) in [6.45, 7) is 3.00. The van der Waals surface area contributed by atoms with Crippen LogP contribution in [0.1, 0.15) is 24.8 Å². The average molecular weight is 292 g/mol. The third-order valence-electron chi connectivity index (χ3n) is 2.77. The number of anilines is 1. The Balaban J connectivity index is 0.00000144. The van der Waals surface area contributed by atoms with E-state index in [-0.39, 0.29) is 30.7 Å². The molecule has 1 unspecified atom stereocenters. The molecule has 18 heavy (non-hydrogen) atoms. The highest BCUT2D eigenvalue weighted by Gasteiger charge is 2.17. The summed E-state index contributed by atoms with van der Waals surface area (Å²) in [6.07, 6.45) is 4.55. The van der Waals surface area contributed by atoms with E-state index in [9.17, 15) is 4.79 Å². The van der Waals surface area contributed by atoms with Crippen LogP contribution >= 0.6 is 24.8 Å². The van der Waals surface area contributed by atoms with Gasteiger partial charge in [-0.25, -0.2) is 4.98 Å². The molecule has 102 valence electrons. The van der Waals surface area contributed by atoms with Crippen LogP contribution < -0.4 is 10.6 Å². The Morgan fingerprint density at radius 1 is 1.50 bits per heavy atom. The molecule has 6 heteroatoms. The molecule has 0 spiro atoms. The monoisotopic (exact) mass is 291 g/mol. The Labute approximate surface area is 120 Å². The first-order valence-corrected chi connectivity index (χ1v) is 5.70. The van der Waals surface area contributed by atoms with Gasteiger partial charge in [0.15, 0.2) is 0 Å². The average Bonchev–Trinajstić information content (AvgIpc) is 2.74. The summed E-state index contributed by atoms with van der Waals surface area (Å²) in [5, 5.41) is 6.11. The van der Waals surface area contributed by atoms with Gasteiger partial charge in [0.1, 0.15) is 5.82 Å². The second-order valence-corrected chi connectivity index (χ2v) is 4.27. The van der Waals surface area contributed by atoms with E-state index >= 15 is 0 Å². The minimum absolute atomic E-state index is 0. The third kappa shape index (κ3) is 5.21. The number of carbonyl (C=O) groups excluding carboxylic acids is 1. The number of aromatic nitrogens is 1. The van der Waals surface area contributed by atoms with E-state index in [4.69, 9.17) is 0 Å². The van der Waals surface area contributed by atoms with Crippen LogP contribution in [0.2, 0.25) is 0 Å². The molecule has 1 amide bonds. The third-order valence-corrected chi connectivity index (χ3v) is 2.77. The zero-order valence-corrected chi connectivity index (χ0v) is 11.9. The summed E-state index contributed by atoms with van der Waals surface area (Å²) in [5.41, 5.74) is 1.09. The normalized spacial score (nSPS) is 17.5. The quantitative estimate of drug-likeness (QED) is 0.899. The molecular weight excluding hydrogens is 273 g/mol. The lowest BCUT2D eigenvalue weighted by Crippen LogP contribution is -2.27. The van der Waals surface area contributed by atoms with Gasteiger partial charge in [0.05, 0.1) is 0 Å². The first-order valence-electron chi connectivity index (χ1n) is 5.70. The van der Waals surface area contributed by atoms with Crippen molar-refractivity contribution in [2.75, 3.05) is 11.9 Å². The van der Waals surface area contributed by atoms with Crippen molar-refractivity contribution in [3.63, 3.8) is 0 Å². The Morgan fingerprint density at radius 3 is 2.83 bits per heavy atom. The predicted octanol–water partition coefficient (Wildman–Crippen LogP) is 2.31. The largest absolute Gasteiger partial charge is 0.313 e. The van der Waals surface area contributed by atoms with Gasteiger partial charge >= 0.3 is 0 Å². The van der Waals surface area contributed by atoms with E-state index in [0.717, 1.165) is 18.5 Å². The molecule has 1 fully saturated rings. The number of pyridine rings is 1. The van der Waals surface area contributed by atoms with E-state index in [1.54, 1.807) is 6.20 Å². The van der Waals surface area contributed by atoms with E-state index in [1.807, 2.05) is 19.1 Å². The molecule has 0 aromatic carbocycles. The maximum Gasteiger partial charge on any atom is 0.227 e. The fourth-order valence-electron chi connectivity index (χ4n) is 1.89. The number of aryl methyl sites for hydroxylation is 1. The first kappa shape index (κ1) is 17.2. The summed E-state index contributed by atoms with van der Waals surface area (Å²) >= 11 is 0. The van der Waals surface area contributed by atoms with Crippen LogP contribution in [0.3, 0.4) is 0 Å². The number of nitrogens with one attached hydrogen (secondary N) is 2. The minimum Gasteiger partial charge on any atom is -0.313 e. The van der Waals surface area contributed by atoms with Gasteiger partial charge in [-0.15, -0.1) is 24.8 Å². The van der Waals surface area contributed by atoms with Crippen molar-refractivity contribution in [1.82, 2.24) is 10.3 Å². The van der Waals surface area contributed by atoms with Crippen molar-refractivity contribution in [3.05, 3.63) is 23.9 Å². The maximum absolute atomic E-state index is 11.7. The fraction of sp³-hybridized carbons (Fsp3) is 0.500. The predicted molar refractivity (Wildman–Crippen MR) is 77.7 cm³/mol. The molecule has 1 aromatic heterocycles. The molecular formula is C12H19Cl2N3O. The van der Waals surface area contributed by atoms with Crippen LogP contribution in [0.15, 0.2) is 18.3 Å². The minimum atomic E-state index is 0. The van der Waals surface area contributed by atoms with Gasteiger partial charge in [-0.3, -0.25) is 4.79 Å². The van der Waals surface area contributed by atoms with E-state index in [1.165, 1.54) is 6.42 Å². The summed E-state index contributed by atoms with van der Waals surface area (Å²) in [6, 6.07) is 4.11. The lowest BCUT2D eigenvalue weighted by molar-refractivity contribution is -0.116. The van der Waals surface area contributed by atoms with Crippen LogP contribution in [0, 0.1) is 6.92 Å². The summed E-state index contributed by atoms with van der Waals surface area (Å²) in [4.78, 5) is 15.8. The van der Waals surface area contributed by atoms with E-state index in [2.05, 4.69) is 15.6 Å². The van der Waals surface area contributed by atoms with Gasteiger partial charge in [-0.2, -0.15) is 0 Å². The first-order chi connectivity index (χ1) is 7.74. The van der Waals surface area contributed by atoms with Crippen molar-refractivity contribution in [3.8, 4) is 0 Å². The van der Waals surface area contributed by atoms with E-state index in [0.29, 0.717) is 18.3 Å². The highest BCUT2D eigenvalue weighted by atomic mass is 35.5. The highest BCUT2D eigenvalue weighted by Crippen LogP contribution is 2.10. The number of halogens is 2. The van der Waals surface area contributed by atoms with Crippen LogP contribution in [-0.2, 0) is 4.79 Å². The van der Waals surface area contributed by atoms with Crippen molar-refractivity contribution in [1.29, 1.82) is 0 Å². The molecule has 0 saturated carbocycles. The molecule has 1 atom stereocenters. The van der Waals surface area contributed by atoms with Crippen LogP contribution in [0.25, 0.3) is 0 Å². The zero-order chi connectivity index (χ0) is 11.4. The fourth-order valence-corrected chi connectivity index (χ4v) is 1.89. The number of nitrogens with zero attached hydrogens (tertiary/aromatic N) is 1. The molecule has 0 aliphatic carbocycles. The van der Waals surface area contributed by atoms with Gasteiger partial charge in [0.2, 0.25) is 5.91 Å². The van der Waals surface area contributed by atoms with Crippen molar-refractivity contribution >= 4 is 36.5 Å². The lowest BCUT2D eigenvalue weighted by atomic mass is 10.1. The topological polar surface area (TPSA) is 54.0 Å². The standard InChI is InChI=1S/C12H17N3O.2ClH/c1-9-4-5-11(14-8-9)15-12(16)7-10-3-2-6-13-10;;/h4-5,8,10,13H,2-3,6-7H2,1H3,(H,14,15,16);2*1H. The second kappa shape index (κ2) is 8.29. The molecule has 2 N–H and O–H groups in total. The van der Waals surface area contributed by atoms with Gasteiger partial charge in [-0.05, 0) is 37.9 Å². The van der Waals surface area contributed by atoms with E-state index < -0.39 is 0 Å². The smallest absolute Gasteiger partial charge is 0.227 e. The number of amides is 1. The Bertz CT molecular complexity index is 364. The van der Waals surface area contributed by atoms with Gasteiger partial charge in [0, 0.05) is 18.7 Å². The maximum atomic E-state index is 11.7. The number of rotatable bonds is 3. The second-order valence-electron chi connectivity index (χ2n) is 4.27. The van der Waals surface area contributed by atoms with Crippen molar-refractivity contribution in [2.45, 2.75) is 32.2 Å². The van der Waals surface area contributed by atoms with Crippen molar-refractivity contribution < 1.29 is 4.79 Å². The number of hydrogen-bond donors (Lipinski definition) is 2. The Hall–Kier alpha value is -0.840. The molecule has 0 bridgehead atoms. The van der Waals surface area contributed by atoms with Gasteiger partial charge in [-0.1, -0.05) is 6.07 Å². The summed E-state index contributed by atoms with van der Waals surface area (Å²) in [5.74, 6) is 0.671. The number of carbonyl (C=O) groups is 1. The molecule has 1 saturated heterocycles. The molecule has 0 radical (unpaired) electrons. The SMILES string of the molecule is Cc1ccc(NC(=O)CC2CCCN2)nc1.Cl.Cl. The van der Waals surface area contributed by atoms with Crippen molar-refractivity contribution in [2.24, 2.45) is 0 Å². The Morgan fingerprint density at radius 2 is 2.28 bits per heavy atom. The Kier molecular flexibility index (Phi) is 7.91. The molecule has 4 nitrogen and oxygen atoms in total. The summed E-state index contributed by atoms with van der Waals surface area (Å²) < 4.78 is 0. The van der Waals surface area contributed by atoms with Crippen LogP contribution in [-0.4, -0.2) is 23.5 Å². The van der Waals surface area contributed by atoms with Gasteiger partial charge in [0.25, 0.3) is 0 Å². The highest BCUT2D eigenvalue weighted by molar-refractivity contribution is 5.90. The molecule has 1 aliphatic rings. The van der Waals surface area contributed by atoms with Gasteiger partial charge < -0.3 is 10.6 Å². The van der Waals surface area contributed by atoms with Crippen LogP contribution in [0.4, 0.5) is 5.82 Å². The summed E-state index contributed by atoms with van der Waals surface area (Å²) in [7, 11) is 0.